The second-order valence-corrected chi connectivity index (χ2v) is 6.01. The van der Waals surface area contributed by atoms with Gasteiger partial charge in [0.2, 0.25) is 0 Å². The Morgan fingerprint density at radius 2 is 1.57 bits per heavy atom. The molecule has 0 atom stereocenters. The summed E-state index contributed by atoms with van der Waals surface area (Å²) in [4.78, 5) is 0. The summed E-state index contributed by atoms with van der Waals surface area (Å²) in [6.45, 7) is 1.34. The third-order valence-corrected chi connectivity index (χ3v) is 3.42. The monoisotopic (exact) mass is 198 g/mol. The second kappa shape index (κ2) is 5.75. The maximum absolute atomic E-state index is 2.29. The highest BCUT2D eigenvalue weighted by Gasteiger charge is 2.13. The van der Waals surface area contributed by atoms with E-state index in [-0.39, 0.29) is 0 Å². The number of nitrogens with zero attached hydrogens (tertiary/aromatic N) is 1. The van der Waals surface area contributed by atoms with Crippen molar-refractivity contribution in [2.24, 2.45) is 5.92 Å². The largest absolute Gasteiger partial charge is 0.331 e. The zero-order valence-corrected chi connectivity index (χ0v) is 10.4. The molecule has 1 nitrogen and oxygen atoms in total. The van der Waals surface area contributed by atoms with Crippen LogP contribution in [0.3, 0.4) is 0 Å². The molecule has 1 aliphatic rings. The lowest BCUT2D eigenvalue weighted by atomic mass is 9.86. The third kappa shape index (κ3) is 5.64. The minimum atomic E-state index is 1.08. The molecule has 0 aromatic carbocycles. The summed E-state index contributed by atoms with van der Waals surface area (Å²) in [5.74, 6) is 1.08. The molecule has 0 aliphatic heterocycles. The first-order valence-electron chi connectivity index (χ1n) is 6.38. The van der Waals surface area contributed by atoms with Crippen LogP contribution in [0.15, 0.2) is 0 Å². The standard InChI is InChI=1S/C13H28N/c1-14(2,3)12-8-7-11-13-9-5-4-6-10-13/h13H,4-12H2,1-3H3/q+1. The molecule has 0 unspecified atom stereocenters. The number of quaternary nitrogens is 1. The Bertz CT molecular complexity index is 140. The molecule has 0 bridgehead atoms. The van der Waals surface area contributed by atoms with E-state index in [0.717, 1.165) is 10.4 Å². The van der Waals surface area contributed by atoms with E-state index in [2.05, 4.69) is 21.1 Å². The van der Waals surface area contributed by atoms with E-state index in [4.69, 9.17) is 0 Å². The van der Waals surface area contributed by atoms with Crippen molar-refractivity contribution in [1.29, 1.82) is 0 Å². The average Bonchev–Trinajstić information content (AvgIpc) is 2.13. The number of hydrogen-bond acceptors (Lipinski definition) is 0. The lowest BCUT2D eigenvalue weighted by Gasteiger charge is -2.25. The molecule has 0 amide bonds. The van der Waals surface area contributed by atoms with E-state index in [1.54, 1.807) is 0 Å². The van der Waals surface area contributed by atoms with Crippen LogP contribution in [-0.2, 0) is 0 Å². The van der Waals surface area contributed by atoms with Gasteiger partial charge in [0.25, 0.3) is 0 Å². The fourth-order valence-corrected chi connectivity index (χ4v) is 2.49. The van der Waals surface area contributed by atoms with Crippen LogP contribution in [0.25, 0.3) is 0 Å². The van der Waals surface area contributed by atoms with Gasteiger partial charge < -0.3 is 4.48 Å². The highest BCUT2D eigenvalue weighted by Crippen LogP contribution is 2.27. The van der Waals surface area contributed by atoms with E-state index in [0.29, 0.717) is 0 Å². The van der Waals surface area contributed by atoms with Gasteiger partial charge in [0.15, 0.2) is 0 Å². The summed E-state index contributed by atoms with van der Waals surface area (Å²) in [7, 11) is 6.88. The Morgan fingerprint density at radius 1 is 0.929 bits per heavy atom. The number of hydrogen-bond donors (Lipinski definition) is 0. The Labute approximate surface area is 90.1 Å². The van der Waals surface area contributed by atoms with Gasteiger partial charge in [0.1, 0.15) is 0 Å². The summed E-state index contributed by atoms with van der Waals surface area (Å²) >= 11 is 0. The third-order valence-electron chi connectivity index (χ3n) is 3.42. The van der Waals surface area contributed by atoms with Gasteiger partial charge in [-0.25, -0.2) is 0 Å². The minimum Gasteiger partial charge on any atom is -0.331 e. The van der Waals surface area contributed by atoms with Gasteiger partial charge in [-0.15, -0.1) is 0 Å². The Hall–Kier alpha value is -0.0400. The molecule has 0 heterocycles. The predicted molar refractivity (Wildman–Crippen MR) is 63.3 cm³/mol. The van der Waals surface area contributed by atoms with Crippen LogP contribution < -0.4 is 0 Å². The van der Waals surface area contributed by atoms with Crippen LogP contribution in [-0.4, -0.2) is 32.2 Å². The van der Waals surface area contributed by atoms with E-state index in [1.807, 2.05) is 0 Å². The smallest absolute Gasteiger partial charge is 0.0780 e. The fraction of sp³-hybridized carbons (Fsp3) is 1.00. The van der Waals surface area contributed by atoms with Crippen molar-refractivity contribution >= 4 is 0 Å². The van der Waals surface area contributed by atoms with E-state index < -0.39 is 0 Å². The zero-order chi connectivity index (χ0) is 10.4. The van der Waals surface area contributed by atoms with Crippen LogP contribution in [0.4, 0.5) is 0 Å². The van der Waals surface area contributed by atoms with Crippen molar-refractivity contribution in [3.05, 3.63) is 0 Å². The van der Waals surface area contributed by atoms with Crippen LogP contribution in [0.5, 0.6) is 0 Å². The van der Waals surface area contributed by atoms with Gasteiger partial charge in [-0.3, -0.25) is 0 Å². The Balaban J connectivity index is 1.97. The molecule has 0 spiro atoms. The van der Waals surface area contributed by atoms with E-state index >= 15 is 0 Å². The minimum absolute atomic E-state index is 1.08. The van der Waals surface area contributed by atoms with Crippen molar-refractivity contribution in [3.63, 3.8) is 0 Å². The van der Waals surface area contributed by atoms with Crippen molar-refractivity contribution < 1.29 is 4.48 Å². The Kier molecular flexibility index (Phi) is 4.94. The van der Waals surface area contributed by atoms with Crippen LogP contribution in [0, 0.1) is 5.92 Å². The maximum Gasteiger partial charge on any atom is 0.0780 e. The van der Waals surface area contributed by atoms with Crippen molar-refractivity contribution in [1.82, 2.24) is 0 Å². The van der Waals surface area contributed by atoms with Crippen LogP contribution in [0.2, 0.25) is 0 Å². The Morgan fingerprint density at radius 3 is 2.14 bits per heavy atom. The summed E-state index contributed by atoms with van der Waals surface area (Å²) in [5, 5.41) is 0. The van der Waals surface area contributed by atoms with Gasteiger partial charge in [-0.05, 0) is 18.8 Å². The molecule has 1 aliphatic carbocycles. The molecule has 14 heavy (non-hydrogen) atoms. The molecule has 84 valence electrons. The summed E-state index contributed by atoms with van der Waals surface area (Å²) in [6, 6.07) is 0. The first-order valence-corrected chi connectivity index (χ1v) is 6.38. The van der Waals surface area contributed by atoms with Gasteiger partial charge >= 0.3 is 0 Å². The van der Waals surface area contributed by atoms with Gasteiger partial charge in [0, 0.05) is 0 Å². The molecule has 1 heteroatoms. The molecule has 0 N–H and O–H groups in total. The lowest BCUT2D eigenvalue weighted by molar-refractivity contribution is -0.870. The van der Waals surface area contributed by atoms with Crippen molar-refractivity contribution in [2.45, 2.75) is 51.4 Å². The van der Waals surface area contributed by atoms with Crippen molar-refractivity contribution in [2.75, 3.05) is 27.7 Å². The molecular weight excluding hydrogens is 170 g/mol. The topological polar surface area (TPSA) is 0 Å². The molecule has 0 aromatic rings. The molecule has 0 aromatic heterocycles. The van der Waals surface area contributed by atoms with Crippen LogP contribution >= 0.6 is 0 Å². The summed E-state index contributed by atoms with van der Waals surface area (Å²) < 4.78 is 1.13. The van der Waals surface area contributed by atoms with Gasteiger partial charge in [-0.1, -0.05) is 38.5 Å². The molecule has 1 fully saturated rings. The SMILES string of the molecule is C[N+](C)(C)CCCCC1CCCCC1. The van der Waals surface area contributed by atoms with Crippen molar-refractivity contribution in [3.8, 4) is 0 Å². The zero-order valence-electron chi connectivity index (χ0n) is 10.4. The molecule has 1 saturated carbocycles. The second-order valence-electron chi connectivity index (χ2n) is 6.01. The first kappa shape index (κ1) is 12.0. The molecule has 0 radical (unpaired) electrons. The van der Waals surface area contributed by atoms with E-state index in [1.165, 1.54) is 57.9 Å². The molecule has 1 rings (SSSR count). The van der Waals surface area contributed by atoms with E-state index in [9.17, 15) is 0 Å². The van der Waals surface area contributed by atoms with Gasteiger partial charge in [-0.2, -0.15) is 0 Å². The average molecular weight is 198 g/mol. The number of unbranched alkanes of at least 4 members (excludes halogenated alkanes) is 1. The normalized spacial score (nSPS) is 19.9. The van der Waals surface area contributed by atoms with Gasteiger partial charge in [0.05, 0.1) is 27.7 Å². The first-order chi connectivity index (χ1) is 6.58. The summed E-state index contributed by atoms with van der Waals surface area (Å²) in [6.07, 6.45) is 11.9. The molecular formula is C13H28N+. The lowest BCUT2D eigenvalue weighted by Crippen LogP contribution is -2.35. The maximum atomic E-state index is 2.29. The molecule has 0 saturated heterocycles. The highest BCUT2D eigenvalue weighted by atomic mass is 15.3. The van der Waals surface area contributed by atoms with Crippen LogP contribution in [0.1, 0.15) is 51.4 Å². The summed E-state index contributed by atoms with van der Waals surface area (Å²) in [5.41, 5.74) is 0. The predicted octanol–water partition coefficient (Wildman–Crippen LogP) is 3.44. The fourth-order valence-electron chi connectivity index (χ4n) is 2.49. The quantitative estimate of drug-likeness (QED) is 0.469. The number of rotatable bonds is 5. The highest BCUT2D eigenvalue weighted by molar-refractivity contribution is 4.65.